The smallest absolute Gasteiger partial charge is 0.132 e. The molecule has 5 aromatic rings. The number of allylic oxidation sites excluding steroid dienone is 4. The molecule has 0 fully saturated rings. The van der Waals surface area contributed by atoms with E-state index in [2.05, 4.69) is 126 Å². The highest BCUT2D eigenvalue weighted by molar-refractivity contribution is 6.14. The Bertz CT molecular complexity index is 1800. The maximum Gasteiger partial charge on any atom is 0.132 e. The number of para-hydroxylation sites is 1. The number of hydrogen-bond acceptors (Lipinski definition) is 3. The largest absolute Gasteiger partial charge is 0.345 e. The third-order valence-corrected chi connectivity index (χ3v) is 7.38. The molecule has 0 saturated carbocycles. The van der Waals surface area contributed by atoms with Gasteiger partial charge in [0, 0.05) is 28.1 Å². The molecule has 7 rings (SSSR count). The van der Waals surface area contributed by atoms with Gasteiger partial charge in [-0.2, -0.15) is 0 Å². The first kappa shape index (κ1) is 22.5. The molecule has 184 valence electrons. The van der Waals surface area contributed by atoms with Gasteiger partial charge >= 0.3 is 0 Å². The minimum atomic E-state index is 0.582. The Morgan fingerprint density at radius 1 is 0.816 bits per heavy atom. The van der Waals surface area contributed by atoms with Crippen molar-refractivity contribution in [2.24, 2.45) is 4.99 Å². The normalized spacial score (nSPS) is 15.2. The predicted octanol–water partition coefficient (Wildman–Crippen LogP) is 7.75. The van der Waals surface area contributed by atoms with Crippen molar-refractivity contribution in [1.29, 1.82) is 0 Å². The summed E-state index contributed by atoms with van der Waals surface area (Å²) in [7, 11) is 0. The first-order valence-electron chi connectivity index (χ1n) is 13.2. The van der Waals surface area contributed by atoms with E-state index in [1.54, 1.807) is 0 Å². The van der Waals surface area contributed by atoms with E-state index in [4.69, 9.17) is 9.98 Å². The predicted molar refractivity (Wildman–Crippen MR) is 159 cm³/mol. The Labute approximate surface area is 222 Å². The van der Waals surface area contributed by atoms with Crippen molar-refractivity contribution in [3.8, 4) is 11.3 Å². The fourth-order valence-corrected chi connectivity index (χ4v) is 5.46. The van der Waals surface area contributed by atoms with E-state index in [1.807, 2.05) is 0 Å². The standard InChI is InChI=1S/C34H28N4/c1-23-16-18-26(19-17-23)34-35-21-27(22-36-34)38-31-15-9-8-14-28(31)29-20-30(24-10-4-2-5-11-24)37-32(33(29)38)25-12-6-3-7-13-25/h2,4-6,8-21H,3,7,22H2,1H3,(H,35,36). The minimum absolute atomic E-state index is 0.582. The number of aryl methyl sites for hydroxylation is 1. The minimum Gasteiger partial charge on any atom is -0.345 e. The van der Waals surface area contributed by atoms with E-state index >= 15 is 0 Å². The number of rotatable bonds is 4. The number of aliphatic imine (C=N–C) groups is 1. The van der Waals surface area contributed by atoms with Gasteiger partial charge in [-0.1, -0.05) is 96.6 Å². The van der Waals surface area contributed by atoms with Crippen LogP contribution >= 0.6 is 0 Å². The van der Waals surface area contributed by atoms with Gasteiger partial charge < -0.3 is 9.88 Å². The van der Waals surface area contributed by atoms with Crippen LogP contribution in [0, 0.1) is 6.92 Å². The topological polar surface area (TPSA) is 42.2 Å². The summed E-state index contributed by atoms with van der Waals surface area (Å²) in [6.45, 7) is 2.69. The highest BCUT2D eigenvalue weighted by atomic mass is 15.1. The Morgan fingerprint density at radius 2 is 1.63 bits per heavy atom. The van der Waals surface area contributed by atoms with E-state index in [1.165, 1.54) is 21.9 Å². The Balaban J connectivity index is 1.44. The highest BCUT2D eigenvalue weighted by Crippen LogP contribution is 2.39. The molecule has 0 amide bonds. The lowest BCUT2D eigenvalue weighted by atomic mass is 10.00. The summed E-state index contributed by atoms with van der Waals surface area (Å²) < 4.78 is 2.35. The van der Waals surface area contributed by atoms with Gasteiger partial charge in [0.05, 0.1) is 34.7 Å². The summed E-state index contributed by atoms with van der Waals surface area (Å²) >= 11 is 0. The zero-order chi connectivity index (χ0) is 25.5. The lowest BCUT2D eigenvalue weighted by molar-refractivity contribution is 1.02. The van der Waals surface area contributed by atoms with Crippen LogP contribution < -0.4 is 5.32 Å². The number of pyridine rings is 1. The monoisotopic (exact) mass is 492 g/mol. The van der Waals surface area contributed by atoms with Crippen molar-refractivity contribution in [3.63, 3.8) is 0 Å². The van der Waals surface area contributed by atoms with Crippen LogP contribution in [0.25, 0.3) is 44.3 Å². The molecule has 0 atom stereocenters. The first-order valence-corrected chi connectivity index (χ1v) is 13.2. The van der Waals surface area contributed by atoms with E-state index in [0.717, 1.165) is 57.9 Å². The second-order valence-electron chi connectivity index (χ2n) is 9.92. The zero-order valence-corrected chi connectivity index (χ0v) is 21.4. The Hall–Kier alpha value is -4.70. The van der Waals surface area contributed by atoms with Crippen LogP contribution in [0.15, 0.2) is 114 Å². The van der Waals surface area contributed by atoms with Gasteiger partial charge in [0.2, 0.25) is 0 Å². The highest BCUT2D eigenvalue weighted by Gasteiger charge is 2.22. The van der Waals surface area contributed by atoms with Crippen molar-refractivity contribution >= 4 is 38.9 Å². The van der Waals surface area contributed by atoms with Crippen molar-refractivity contribution in [2.45, 2.75) is 19.8 Å². The molecule has 3 aromatic carbocycles. The number of nitrogens with zero attached hydrogens (tertiary/aromatic N) is 3. The van der Waals surface area contributed by atoms with Gasteiger partial charge in [-0.3, -0.25) is 4.99 Å². The van der Waals surface area contributed by atoms with Crippen LogP contribution in [0.5, 0.6) is 0 Å². The summed E-state index contributed by atoms with van der Waals surface area (Å²) in [6.07, 6.45) is 11.0. The van der Waals surface area contributed by atoms with E-state index in [0.29, 0.717) is 6.54 Å². The molecule has 1 N–H and O–H groups in total. The molecule has 38 heavy (non-hydrogen) atoms. The average molecular weight is 493 g/mol. The molecule has 0 radical (unpaired) electrons. The summed E-state index contributed by atoms with van der Waals surface area (Å²) in [6, 6.07) is 29.9. The molecule has 4 heteroatoms. The van der Waals surface area contributed by atoms with Crippen LogP contribution in [0.3, 0.4) is 0 Å². The number of benzene rings is 3. The second kappa shape index (κ2) is 9.31. The van der Waals surface area contributed by atoms with E-state index < -0.39 is 0 Å². The molecule has 1 aliphatic heterocycles. The Kier molecular flexibility index (Phi) is 5.51. The summed E-state index contributed by atoms with van der Waals surface area (Å²) in [5.74, 6) is 0.900. The summed E-state index contributed by atoms with van der Waals surface area (Å²) in [5.41, 5.74) is 10.0. The van der Waals surface area contributed by atoms with Crippen LogP contribution in [-0.2, 0) is 0 Å². The molecule has 2 aromatic heterocycles. The van der Waals surface area contributed by atoms with Crippen molar-refractivity contribution in [2.75, 3.05) is 6.54 Å². The molecule has 0 unspecified atom stereocenters. The van der Waals surface area contributed by atoms with Gasteiger partial charge in [-0.15, -0.1) is 0 Å². The molecule has 2 aliphatic rings. The molecule has 3 heterocycles. The molecular formula is C34H28N4. The van der Waals surface area contributed by atoms with Gasteiger partial charge in [0.25, 0.3) is 0 Å². The summed E-state index contributed by atoms with van der Waals surface area (Å²) in [4.78, 5) is 10.2. The summed E-state index contributed by atoms with van der Waals surface area (Å²) in [5, 5.41) is 5.90. The SMILES string of the molecule is Cc1ccc(C2=NCC(n3c4ccccc4c4cc(-c5ccccc5)nc(C5=CCCC=C5)c43)=CN2)cc1. The third-order valence-electron chi connectivity index (χ3n) is 7.38. The molecule has 0 spiro atoms. The van der Waals surface area contributed by atoms with Crippen molar-refractivity contribution in [3.05, 3.63) is 126 Å². The van der Waals surface area contributed by atoms with Crippen LogP contribution in [0.1, 0.15) is 29.7 Å². The van der Waals surface area contributed by atoms with Crippen LogP contribution in [-0.4, -0.2) is 21.9 Å². The van der Waals surface area contributed by atoms with Crippen LogP contribution in [0.2, 0.25) is 0 Å². The molecule has 1 aliphatic carbocycles. The lowest BCUT2D eigenvalue weighted by Gasteiger charge is -2.19. The number of amidine groups is 1. The van der Waals surface area contributed by atoms with Crippen LogP contribution in [0.4, 0.5) is 0 Å². The number of fused-ring (bicyclic) bond motifs is 3. The zero-order valence-electron chi connectivity index (χ0n) is 21.4. The number of aromatic nitrogens is 2. The lowest BCUT2D eigenvalue weighted by Crippen LogP contribution is -2.25. The molecule has 0 saturated heterocycles. The number of nitrogens with one attached hydrogen (secondary N) is 1. The average Bonchev–Trinajstić information content (AvgIpc) is 3.32. The van der Waals surface area contributed by atoms with Gasteiger partial charge in [-0.25, -0.2) is 4.98 Å². The third kappa shape index (κ3) is 3.86. The quantitative estimate of drug-likeness (QED) is 0.279. The Morgan fingerprint density at radius 3 is 2.39 bits per heavy atom. The molecular weight excluding hydrogens is 464 g/mol. The first-order chi connectivity index (χ1) is 18.8. The van der Waals surface area contributed by atoms with Gasteiger partial charge in [-0.05, 0) is 37.5 Å². The van der Waals surface area contributed by atoms with E-state index in [-0.39, 0.29) is 0 Å². The maximum absolute atomic E-state index is 5.29. The maximum atomic E-state index is 5.29. The fraction of sp³-hybridized carbons (Fsp3) is 0.118. The molecule has 0 bridgehead atoms. The molecule has 4 nitrogen and oxygen atoms in total. The van der Waals surface area contributed by atoms with Gasteiger partial charge in [0.15, 0.2) is 0 Å². The van der Waals surface area contributed by atoms with Crippen molar-refractivity contribution < 1.29 is 0 Å². The second-order valence-corrected chi connectivity index (χ2v) is 9.92. The fourth-order valence-electron chi connectivity index (χ4n) is 5.46. The number of hydrogen-bond donors (Lipinski definition) is 1. The van der Waals surface area contributed by atoms with Crippen molar-refractivity contribution in [1.82, 2.24) is 14.9 Å². The van der Waals surface area contributed by atoms with Gasteiger partial charge in [0.1, 0.15) is 5.84 Å². The van der Waals surface area contributed by atoms with E-state index in [9.17, 15) is 0 Å².